The Labute approximate surface area is 180 Å². The Morgan fingerprint density at radius 2 is 1.67 bits per heavy atom. The molecule has 0 aliphatic carbocycles. The Morgan fingerprint density at radius 1 is 1.00 bits per heavy atom. The van der Waals surface area contributed by atoms with Crippen molar-refractivity contribution in [1.82, 2.24) is 9.29 Å². The number of piperazine rings is 1. The van der Waals surface area contributed by atoms with Gasteiger partial charge in [-0.15, -0.1) is 0 Å². The van der Waals surface area contributed by atoms with Crippen molar-refractivity contribution in [2.75, 3.05) is 49.1 Å². The second-order valence-electron chi connectivity index (χ2n) is 7.30. The van der Waals surface area contributed by atoms with E-state index >= 15 is 0 Å². The van der Waals surface area contributed by atoms with Crippen LogP contribution in [0.4, 0.5) is 17.2 Å². The van der Waals surface area contributed by atoms with Gasteiger partial charge in [-0.05, 0) is 37.1 Å². The third kappa shape index (κ3) is 3.94. The highest BCUT2D eigenvalue weighted by molar-refractivity contribution is 7.89. The van der Waals surface area contributed by atoms with Crippen LogP contribution in [0, 0.1) is 10.1 Å². The number of nitro groups is 1. The maximum atomic E-state index is 12.8. The maximum absolute atomic E-state index is 12.8. The van der Waals surface area contributed by atoms with E-state index in [1.54, 1.807) is 24.4 Å². The van der Waals surface area contributed by atoms with E-state index in [0.29, 0.717) is 55.8 Å². The highest BCUT2D eigenvalue weighted by Crippen LogP contribution is 2.34. The molecule has 2 aromatic rings. The zero-order valence-electron chi connectivity index (χ0n) is 16.3. The first kappa shape index (κ1) is 20.8. The lowest BCUT2D eigenvalue weighted by Gasteiger charge is -2.36. The average Bonchev–Trinajstić information content (AvgIpc) is 3.30. The Morgan fingerprint density at radius 3 is 2.30 bits per heavy atom. The van der Waals surface area contributed by atoms with Crippen LogP contribution in [0.25, 0.3) is 0 Å². The zero-order chi connectivity index (χ0) is 21.3. The van der Waals surface area contributed by atoms with Gasteiger partial charge in [-0.1, -0.05) is 11.6 Å². The normalized spacial score (nSPS) is 18.0. The van der Waals surface area contributed by atoms with Crippen LogP contribution in [0.5, 0.6) is 0 Å². The van der Waals surface area contributed by atoms with Gasteiger partial charge >= 0.3 is 0 Å². The van der Waals surface area contributed by atoms with Crippen LogP contribution < -0.4 is 9.80 Å². The smallest absolute Gasteiger partial charge is 0.293 e. The molecule has 0 radical (unpaired) electrons. The van der Waals surface area contributed by atoms with E-state index in [1.165, 1.54) is 16.4 Å². The van der Waals surface area contributed by atoms with E-state index in [9.17, 15) is 18.5 Å². The molecular formula is C19H22ClN5O4S. The molecule has 0 N–H and O–H groups in total. The fourth-order valence-electron chi connectivity index (χ4n) is 3.92. The SMILES string of the molecule is O=[N+]([O-])c1cc(S(=O)(=O)N2CCCC2)ccc1N1CCN(c2ncccc2Cl)CC1. The zero-order valence-corrected chi connectivity index (χ0v) is 17.8. The molecule has 0 atom stereocenters. The molecule has 0 spiro atoms. The summed E-state index contributed by atoms with van der Waals surface area (Å²) in [5.74, 6) is 0.695. The van der Waals surface area contributed by atoms with E-state index in [2.05, 4.69) is 4.98 Å². The number of nitrogens with zero attached hydrogens (tertiary/aromatic N) is 5. The number of benzene rings is 1. The average molecular weight is 452 g/mol. The lowest BCUT2D eigenvalue weighted by atomic mass is 10.2. The van der Waals surface area contributed by atoms with Crippen LogP contribution in [0.2, 0.25) is 5.02 Å². The van der Waals surface area contributed by atoms with Gasteiger partial charge in [0, 0.05) is 51.5 Å². The molecule has 2 fully saturated rings. The third-order valence-corrected chi connectivity index (χ3v) is 7.69. The van der Waals surface area contributed by atoms with Crippen LogP contribution in [0.1, 0.15) is 12.8 Å². The maximum Gasteiger partial charge on any atom is 0.293 e. The van der Waals surface area contributed by atoms with Crippen molar-refractivity contribution in [3.05, 3.63) is 51.7 Å². The second kappa shape index (κ2) is 8.37. The topological polar surface area (TPSA) is 99.9 Å². The van der Waals surface area contributed by atoms with Gasteiger partial charge in [-0.2, -0.15) is 4.31 Å². The van der Waals surface area contributed by atoms with E-state index < -0.39 is 14.9 Å². The molecule has 0 amide bonds. The van der Waals surface area contributed by atoms with Gasteiger partial charge in [0.1, 0.15) is 11.5 Å². The molecule has 1 aromatic carbocycles. The molecule has 0 bridgehead atoms. The molecule has 1 aromatic heterocycles. The van der Waals surface area contributed by atoms with Crippen molar-refractivity contribution in [2.24, 2.45) is 0 Å². The van der Waals surface area contributed by atoms with E-state index in [1.807, 2.05) is 9.80 Å². The molecule has 160 valence electrons. The van der Waals surface area contributed by atoms with Crippen molar-refractivity contribution in [1.29, 1.82) is 0 Å². The minimum absolute atomic E-state index is 0.0289. The molecule has 3 heterocycles. The molecule has 2 aliphatic heterocycles. The summed E-state index contributed by atoms with van der Waals surface area (Å²) in [5.41, 5.74) is 0.228. The first-order chi connectivity index (χ1) is 14.4. The Hall–Kier alpha value is -2.43. The van der Waals surface area contributed by atoms with Gasteiger partial charge in [0.05, 0.1) is 14.8 Å². The number of aromatic nitrogens is 1. The summed E-state index contributed by atoms with van der Waals surface area (Å²) in [6.45, 7) is 3.17. The van der Waals surface area contributed by atoms with Crippen LogP contribution in [0.3, 0.4) is 0 Å². The summed E-state index contributed by atoms with van der Waals surface area (Å²) >= 11 is 6.22. The number of rotatable bonds is 5. The van der Waals surface area contributed by atoms with Gasteiger partial charge in [0.2, 0.25) is 10.0 Å². The number of anilines is 2. The van der Waals surface area contributed by atoms with Gasteiger partial charge in [0.25, 0.3) is 5.69 Å². The van der Waals surface area contributed by atoms with Crippen molar-refractivity contribution < 1.29 is 13.3 Å². The Kier molecular flexibility index (Phi) is 5.81. The summed E-state index contributed by atoms with van der Waals surface area (Å²) in [6, 6.07) is 7.75. The van der Waals surface area contributed by atoms with Crippen molar-refractivity contribution in [2.45, 2.75) is 17.7 Å². The third-order valence-electron chi connectivity index (χ3n) is 5.51. The standard InChI is InChI=1S/C19H22ClN5O4S/c20-16-4-3-7-21-19(16)23-12-10-22(11-13-23)17-6-5-15(14-18(17)25(26)27)30(28,29)24-8-1-2-9-24/h3-7,14H,1-2,8-13H2. The molecule has 30 heavy (non-hydrogen) atoms. The Bertz CT molecular complexity index is 1050. The first-order valence-electron chi connectivity index (χ1n) is 9.77. The van der Waals surface area contributed by atoms with Crippen LogP contribution in [-0.4, -0.2) is 61.9 Å². The lowest BCUT2D eigenvalue weighted by molar-refractivity contribution is -0.384. The summed E-state index contributed by atoms with van der Waals surface area (Å²) in [6.07, 6.45) is 3.30. The largest absolute Gasteiger partial charge is 0.362 e. The van der Waals surface area contributed by atoms with Gasteiger partial charge < -0.3 is 9.80 Å². The number of nitro benzene ring substituents is 1. The number of halogens is 1. The quantitative estimate of drug-likeness (QED) is 0.509. The van der Waals surface area contributed by atoms with E-state index in [-0.39, 0.29) is 10.6 Å². The summed E-state index contributed by atoms with van der Waals surface area (Å²) < 4.78 is 27.0. The van der Waals surface area contributed by atoms with E-state index in [4.69, 9.17) is 11.6 Å². The molecule has 9 nitrogen and oxygen atoms in total. The summed E-state index contributed by atoms with van der Waals surface area (Å²) in [7, 11) is -3.71. The summed E-state index contributed by atoms with van der Waals surface area (Å²) in [4.78, 5) is 19.4. The molecule has 2 aliphatic rings. The fourth-order valence-corrected chi connectivity index (χ4v) is 5.70. The van der Waals surface area contributed by atoms with E-state index in [0.717, 1.165) is 12.8 Å². The number of pyridine rings is 1. The predicted octanol–water partition coefficient (Wildman–Crippen LogP) is 2.75. The molecule has 0 unspecified atom stereocenters. The molecule has 4 rings (SSSR count). The first-order valence-corrected chi connectivity index (χ1v) is 11.6. The van der Waals surface area contributed by atoms with Crippen LogP contribution >= 0.6 is 11.6 Å². The van der Waals surface area contributed by atoms with Crippen LogP contribution in [-0.2, 0) is 10.0 Å². The molecular weight excluding hydrogens is 430 g/mol. The van der Waals surface area contributed by atoms with Crippen molar-refractivity contribution >= 4 is 38.8 Å². The van der Waals surface area contributed by atoms with Gasteiger partial charge in [0.15, 0.2) is 0 Å². The minimum Gasteiger partial charge on any atom is -0.362 e. The van der Waals surface area contributed by atoms with Crippen molar-refractivity contribution in [3.8, 4) is 0 Å². The highest BCUT2D eigenvalue weighted by atomic mass is 35.5. The second-order valence-corrected chi connectivity index (χ2v) is 9.65. The monoisotopic (exact) mass is 451 g/mol. The predicted molar refractivity (Wildman–Crippen MR) is 115 cm³/mol. The van der Waals surface area contributed by atoms with Crippen LogP contribution in [0.15, 0.2) is 41.4 Å². The number of hydrogen-bond acceptors (Lipinski definition) is 7. The molecule has 2 saturated heterocycles. The number of hydrogen-bond donors (Lipinski definition) is 0. The van der Waals surface area contributed by atoms with Crippen molar-refractivity contribution in [3.63, 3.8) is 0 Å². The highest BCUT2D eigenvalue weighted by Gasteiger charge is 2.31. The molecule has 11 heteroatoms. The molecule has 0 saturated carbocycles. The minimum atomic E-state index is -3.71. The Balaban J connectivity index is 1.56. The van der Waals surface area contributed by atoms with Gasteiger partial charge in [-0.25, -0.2) is 13.4 Å². The number of sulfonamides is 1. The lowest BCUT2D eigenvalue weighted by Crippen LogP contribution is -2.47. The summed E-state index contributed by atoms with van der Waals surface area (Å²) in [5, 5.41) is 12.3. The van der Waals surface area contributed by atoms with Gasteiger partial charge in [-0.3, -0.25) is 10.1 Å². The fraction of sp³-hybridized carbons (Fsp3) is 0.421.